The van der Waals surface area contributed by atoms with Gasteiger partial charge in [-0.1, -0.05) is 12.1 Å². The summed E-state index contributed by atoms with van der Waals surface area (Å²) in [5.41, 5.74) is 2.94. The fourth-order valence-electron chi connectivity index (χ4n) is 3.42. The number of aryl methyl sites for hydroxylation is 1. The number of benzene rings is 2. The maximum absolute atomic E-state index is 12.8. The third-order valence-corrected chi connectivity index (χ3v) is 5.06. The number of anilines is 2. The van der Waals surface area contributed by atoms with Gasteiger partial charge in [0.25, 0.3) is 0 Å². The SMILES string of the molecule is COc1ccc(N2CCN(C(=O)CN(C(C)=O)c3cccc(C)c3)CC2)cc1. The van der Waals surface area contributed by atoms with E-state index < -0.39 is 0 Å². The quantitative estimate of drug-likeness (QED) is 0.799. The molecule has 0 N–H and O–H groups in total. The molecule has 0 saturated carbocycles. The maximum Gasteiger partial charge on any atom is 0.242 e. The van der Waals surface area contributed by atoms with Crippen molar-refractivity contribution in [2.75, 3.05) is 49.6 Å². The third kappa shape index (κ3) is 4.63. The third-order valence-electron chi connectivity index (χ3n) is 5.06. The van der Waals surface area contributed by atoms with Gasteiger partial charge in [0.1, 0.15) is 12.3 Å². The number of amides is 2. The molecular formula is C22H27N3O3. The summed E-state index contributed by atoms with van der Waals surface area (Å²) in [5, 5.41) is 0. The fraction of sp³-hybridized carbons (Fsp3) is 0.364. The highest BCUT2D eigenvalue weighted by molar-refractivity contribution is 5.97. The van der Waals surface area contributed by atoms with E-state index in [1.807, 2.05) is 60.4 Å². The van der Waals surface area contributed by atoms with Crippen LogP contribution in [-0.2, 0) is 9.59 Å². The lowest BCUT2D eigenvalue weighted by molar-refractivity contribution is -0.131. The van der Waals surface area contributed by atoms with E-state index in [0.29, 0.717) is 13.1 Å². The Labute approximate surface area is 166 Å². The van der Waals surface area contributed by atoms with Crippen molar-refractivity contribution >= 4 is 23.2 Å². The number of hydrogen-bond acceptors (Lipinski definition) is 4. The number of rotatable bonds is 5. The lowest BCUT2D eigenvalue weighted by Gasteiger charge is -2.37. The molecule has 0 spiro atoms. The Kier molecular flexibility index (Phi) is 6.19. The molecule has 0 aromatic heterocycles. The van der Waals surface area contributed by atoms with Crippen LogP contribution in [0.1, 0.15) is 12.5 Å². The minimum Gasteiger partial charge on any atom is -0.497 e. The van der Waals surface area contributed by atoms with Crippen molar-refractivity contribution in [3.05, 3.63) is 54.1 Å². The number of piperazine rings is 1. The first-order valence-electron chi connectivity index (χ1n) is 9.49. The summed E-state index contributed by atoms with van der Waals surface area (Å²) in [6.07, 6.45) is 0. The zero-order chi connectivity index (χ0) is 20.1. The molecule has 2 aromatic carbocycles. The molecule has 28 heavy (non-hydrogen) atoms. The minimum absolute atomic E-state index is 0.0221. The summed E-state index contributed by atoms with van der Waals surface area (Å²) in [7, 11) is 1.65. The summed E-state index contributed by atoms with van der Waals surface area (Å²) in [6, 6.07) is 15.6. The van der Waals surface area contributed by atoms with Crippen molar-refractivity contribution in [2.45, 2.75) is 13.8 Å². The van der Waals surface area contributed by atoms with E-state index in [4.69, 9.17) is 4.74 Å². The van der Waals surface area contributed by atoms with Gasteiger partial charge in [-0.05, 0) is 48.9 Å². The summed E-state index contributed by atoms with van der Waals surface area (Å²) >= 11 is 0. The zero-order valence-electron chi connectivity index (χ0n) is 16.7. The van der Waals surface area contributed by atoms with Crippen LogP contribution in [0.5, 0.6) is 5.75 Å². The van der Waals surface area contributed by atoms with Crippen LogP contribution in [0.25, 0.3) is 0 Å². The number of methoxy groups -OCH3 is 1. The Hall–Kier alpha value is -3.02. The summed E-state index contributed by atoms with van der Waals surface area (Å²) in [6.45, 7) is 6.36. The Bertz CT molecular complexity index is 827. The highest BCUT2D eigenvalue weighted by Gasteiger charge is 2.24. The first-order valence-corrected chi connectivity index (χ1v) is 9.49. The van der Waals surface area contributed by atoms with Gasteiger partial charge in [-0.3, -0.25) is 9.59 Å². The fourth-order valence-corrected chi connectivity index (χ4v) is 3.42. The molecule has 1 aliphatic heterocycles. The predicted octanol–water partition coefficient (Wildman–Crippen LogP) is 2.71. The van der Waals surface area contributed by atoms with Crippen molar-refractivity contribution in [3.8, 4) is 5.75 Å². The number of carbonyl (C=O) groups is 2. The molecule has 6 nitrogen and oxygen atoms in total. The Morgan fingerprint density at radius 2 is 1.71 bits per heavy atom. The summed E-state index contributed by atoms with van der Waals surface area (Å²) in [5.74, 6) is 0.681. The summed E-state index contributed by atoms with van der Waals surface area (Å²) in [4.78, 5) is 30.5. The molecule has 0 atom stereocenters. The molecule has 1 heterocycles. The molecule has 3 rings (SSSR count). The van der Waals surface area contributed by atoms with Gasteiger partial charge in [0, 0.05) is 44.5 Å². The van der Waals surface area contributed by atoms with Crippen LogP contribution in [0.15, 0.2) is 48.5 Å². The van der Waals surface area contributed by atoms with Crippen LogP contribution >= 0.6 is 0 Å². The molecule has 0 radical (unpaired) electrons. The highest BCUT2D eigenvalue weighted by atomic mass is 16.5. The minimum atomic E-state index is -0.129. The van der Waals surface area contributed by atoms with Gasteiger partial charge in [-0.15, -0.1) is 0 Å². The second-order valence-electron chi connectivity index (χ2n) is 7.01. The topological polar surface area (TPSA) is 53.1 Å². The monoisotopic (exact) mass is 381 g/mol. The largest absolute Gasteiger partial charge is 0.497 e. The molecular weight excluding hydrogens is 354 g/mol. The van der Waals surface area contributed by atoms with E-state index in [0.717, 1.165) is 35.8 Å². The van der Waals surface area contributed by atoms with Crippen molar-refractivity contribution in [1.82, 2.24) is 4.90 Å². The number of nitrogens with zero attached hydrogens (tertiary/aromatic N) is 3. The standard InChI is InChI=1S/C22H27N3O3/c1-17-5-4-6-20(15-17)25(18(2)26)16-22(27)24-13-11-23(12-14-24)19-7-9-21(28-3)10-8-19/h4-10,15H,11-14,16H2,1-3H3. The van der Waals surface area contributed by atoms with Crippen molar-refractivity contribution in [1.29, 1.82) is 0 Å². The average molecular weight is 381 g/mol. The van der Waals surface area contributed by atoms with Crippen LogP contribution in [-0.4, -0.2) is 56.5 Å². The van der Waals surface area contributed by atoms with Crippen molar-refractivity contribution in [3.63, 3.8) is 0 Å². The molecule has 1 aliphatic rings. The van der Waals surface area contributed by atoms with Crippen LogP contribution in [0, 0.1) is 6.92 Å². The Morgan fingerprint density at radius 3 is 2.29 bits per heavy atom. The van der Waals surface area contributed by atoms with E-state index in [1.165, 1.54) is 6.92 Å². The summed E-state index contributed by atoms with van der Waals surface area (Å²) < 4.78 is 5.20. The molecule has 0 unspecified atom stereocenters. The predicted molar refractivity (Wildman–Crippen MR) is 111 cm³/mol. The van der Waals surface area contributed by atoms with Crippen LogP contribution in [0.2, 0.25) is 0 Å². The van der Waals surface area contributed by atoms with Crippen molar-refractivity contribution < 1.29 is 14.3 Å². The maximum atomic E-state index is 12.8. The first-order chi connectivity index (χ1) is 13.5. The van der Waals surface area contributed by atoms with Gasteiger partial charge in [0.05, 0.1) is 7.11 Å². The number of carbonyl (C=O) groups excluding carboxylic acids is 2. The second kappa shape index (κ2) is 8.78. The van der Waals surface area contributed by atoms with Crippen LogP contribution in [0.3, 0.4) is 0 Å². The molecule has 1 saturated heterocycles. The van der Waals surface area contributed by atoms with Gasteiger partial charge >= 0.3 is 0 Å². The van der Waals surface area contributed by atoms with Gasteiger partial charge < -0.3 is 19.4 Å². The average Bonchev–Trinajstić information content (AvgIpc) is 2.72. The van der Waals surface area contributed by atoms with E-state index in [-0.39, 0.29) is 18.4 Å². The molecule has 0 aliphatic carbocycles. The Morgan fingerprint density at radius 1 is 1.04 bits per heavy atom. The van der Waals surface area contributed by atoms with E-state index in [1.54, 1.807) is 12.0 Å². The second-order valence-corrected chi connectivity index (χ2v) is 7.01. The zero-order valence-corrected chi connectivity index (χ0v) is 16.7. The van der Waals surface area contributed by atoms with E-state index >= 15 is 0 Å². The lowest BCUT2D eigenvalue weighted by atomic mass is 10.2. The van der Waals surface area contributed by atoms with E-state index in [9.17, 15) is 9.59 Å². The molecule has 2 amide bonds. The molecule has 2 aromatic rings. The molecule has 0 bridgehead atoms. The van der Waals surface area contributed by atoms with Gasteiger partial charge in [0.2, 0.25) is 11.8 Å². The van der Waals surface area contributed by atoms with Crippen LogP contribution < -0.4 is 14.5 Å². The molecule has 1 fully saturated rings. The van der Waals surface area contributed by atoms with E-state index in [2.05, 4.69) is 4.90 Å². The molecule has 6 heteroatoms. The van der Waals surface area contributed by atoms with Crippen molar-refractivity contribution in [2.24, 2.45) is 0 Å². The van der Waals surface area contributed by atoms with Gasteiger partial charge in [-0.25, -0.2) is 0 Å². The highest BCUT2D eigenvalue weighted by Crippen LogP contribution is 2.21. The first kappa shape index (κ1) is 19.7. The van der Waals surface area contributed by atoms with Gasteiger partial charge in [-0.2, -0.15) is 0 Å². The smallest absolute Gasteiger partial charge is 0.242 e. The number of ether oxygens (including phenoxy) is 1. The lowest BCUT2D eigenvalue weighted by Crippen LogP contribution is -2.51. The number of hydrogen-bond donors (Lipinski definition) is 0. The normalized spacial score (nSPS) is 14.0. The molecule has 148 valence electrons. The van der Waals surface area contributed by atoms with Gasteiger partial charge in [0.15, 0.2) is 0 Å². The Balaban J connectivity index is 1.60. The van der Waals surface area contributed by atoms with Crippen LogP contribution in [0.4, 0.5) is 11.4 Å².